The van der Waals surface area contributed by atoms with Crippen molar-refractivity contribution in [3.8, 4) is 5.75 Å². The number of ketones is 1. The van der Waals surface area contributed by atoms with E-state index in [1.807, 2.05) is 0 Å². The second-order valence-corrected chi connectivity index (χ2v) is 5.00. The van der Waals surface area contributed by atoms with Gasteiger partial charge >= 0.3 is 0 Å². The van der Waals surface area contributed by atoms with E-state index in [0.717, 1.165) is 12.1 Å². The first-order chi connectivity index (χ1) is 9.97. The van der Waals surface area contributed by atoms with Crippen molar-refractivity contribution in [3.05, 3.63) is 64.7 Å². The molecule has 0 spiro atoms. The molecule has 0 radical (unpaired) electrons. The van der Waals surface area contributed by atoms with Crippen LogP contribution in [0.4, 0.5) is 8.78 Å². The lowest BCUT2D eigenvalue weighted by Gasteiger charge is -2.14. The van der Waals surface area contributed by atoms with Gasteiger partial charge in [0.15, 0.2) is 11.9 Å². The first-order valence-corrected chi connectivity index (χ1v) is 6.73. The molecule has 0 aliphatic carbocycles. The molecule has 2 aromatic carbocycles. The van der Waals surface area contributed by atoms with Crippen molar-refractivity contribution in [2.24, 2.45) is 0 Å². The van der Waals surface area contributed by atoms with E-state index < -0.39 is 23.5 Å². The van der Waals surface area contributed by atoms with E-state index in [1.54, 1.807) is 24.3 Å². The Morgan fingerprint density at radius 2 is 1.81 bits per heavy atom. The topological polar surface area (TPSA) is 26.3 Å². The third-order valence-corrected chi connectivity index (χ3v) is 3.21. The zero-order valence-electron chi connectivity index (χ0n) is 11.3. The molecule has 0 fully saturated rings. The summed E-state index contributed by atoms with van der Waals surface area (Å²) in [6.45, 7) is 1.53. The van der Waals surface area contributed by atoms with Gasteiger partial charge in [-0.05, 0) is 37.3 Å². The molecule has 5 heteroatoms. The van der Waals surface area contributed by atoms with Gasteiger partial charge in [-0.3, -0.25) is 4.79 Å². The Morgan fingerprint density at radius 3 is 2.43 bits per heavy atom. The molecule has 110 valence electrons. The largest absolute Gasteiger partial charge is 0.483 e. The van der Waals surface area contributed by atoms with E-state index in [9.17, 15) is 13.6 Å². The molecular weight excluding hydrogens is 298 g/mol. The van der Waals surface area contributed by atoms with Gasteiger partial charge in [0.1, 0.15) is 17.4 Å². The van der Waals surface area contributed by atoms with Gasteiger partial charge in [0.05, 0.1) is 0 Å². The number of ether oxygens (including phenoxy) is 1. The third kappa shape index (κ3) is 4.02. The van der Waals surface area contributed by atoms with Gasteiger partial charge in [-0.15, -0.1) is 0 Å². The Bertz CT molecular complexity index is 638. The van der Waals surface area contributed by atoms with Gasteiger partial charge in [-0.2, -0.15) is 0 Å². The minimum absolute atomic E-state index is 0.246. The summed E-state index contributed by atoms with van der Waals surface area (Å²) in [5.41, 5.74) is -0.246. The lowest BCUT2D eigenvalue weighted by Crippen LogP contribution is -2.26. The van der Waals surface area contributed by atoms with Crippen molar-refractivity contribution in [2.75, 3.05) is 0 Å². The highest BCUT2D eigenvalue weighted by molar-refractivity contribution is 6.30. The zero-order chi connectivity index (χ0) is 15.4. The molecule has 2 nitrogen and oxygen atoms in total. The van der Waals surface area contributed by atoms with Crippen LogP contribution in [0.25, 0.3) is 0 Å². The van der Waals surface area contributed by atoms with Gasteiger partial charge in [0.2, 0.25) is 0 Å². The smallest absolute Gasteiger partial charge is 0.177 e. The minimum atomic E-state index is -0.831. The fourth-order valence-electron chi connectivity index (χ4n) is 1.83. The molecular formula is C16H13ClF2O2. The van der Waals surface area contributed by atoms with Crippen molar-refractivity contribution in [1.82, 2.24) is 0 Å². The Morgan fingerprint density at radius 1 is 1.19 bits per heavy atom. The third-order valence-electron chi connectivity index (χ3n) is 2.98. The Kier molecular flexibility index (Phi) is 4.91. The fraction of sp³-hybridized carbons (Fsp3) is 0.188. The summed E-state index contributed by atoms with van der Waals surface area (Å²) in [4.78, 5) is 12.0. The van der Waals surface area contributed by atoms with Crippen molar-refractivity contribution in [1.29, 1.82) is 0 Å². The van der Waals surface area contributed by atoms with E-state index in [-0.39, 0.29) is 12.0 Å². The summed E-state index contributed by atoms with van der Waals surface area (Å²) >= 11 is 5.82. The molecule has 0 bridgehead atoms. The first kappa shape index (κ1) is 15.4. The van der Waals surface area contributed by atoms with Crippen molar-refractivity contribution >= 4 is 17.4 Å². The van der Waals surface area contributed by atoms with Gasteiger partial charge < -0.3 is 4.74 Å². The molecule has 0 amide bonds. The number of halogens is 3. The number of rotatable bonds is 5. The number of hydrogen-bond acceptors (Lipinski definition) is 2. The van der Waals surface area contributed by atoms with Crippen LogP contribution in [0.2, 0.25) is 5.02 Å². The summed E-state index contributed by atoms with van der Waals surface area (Å²) < 4.78 is 32.4. The number of carbonyl (C=O) groups excluding carboxylic acids is 1. The second-order valence-electron chi connectivity index (χ2n) is 4.56. The molecule has 0 aliphatic rings. The molecule has 1 atom stereocenters. The molecule has 0 aliphatic heterocycles. The van der Waals surface area contributed by atoms with Crippen LogP contribution in [0.3, 0.4) is 0 Å². The summed E-state index contributed by atoms with van der Waals surface area (Å²) in [5.74, 6) is -1.46. The van der Waals surface area contributed by atoms with Gasteiger partial charge in [-0.25, -0.2) is 8.78 Å². The molecule has 0 aromatic heterocycles. The highest BCUT2D eigenvalue weighted by atomic mass is 35.5. The Hall–Kier alpha value is -1.94. The number of carbonyl (C=O) groups is 1. The Balaban J connectivity index is 2.06. The number of hydrogen-bond donors (Lipinski definition) is 0. The predicted octanol–water partition coefficient (Wildman–Crippen LogP) is 4.20. The van der Waals surface area contributed by atoms with Gasteiger partial charge in [0, 0.05) is 17.0 Å². The van der Waals surface area contributed by atoms with Crippen molar-refractivity contribution in [2.45, 2.75) is 19.4 Å². The van der Waals surface area contributed by atoms with Crippen LogP contribution in [-0.2, 0) is 11.2 Å². The molecule has 21 heavy (non-hydrogen) atoms. The van der Waals surface area contributed by atoms with E-state index in [2.05, 4.69) is 0 Å². The average Bonchev–Trinajstić information content (AvgIpc) is 2.43. The van der Waals surface area contributed by atoms with Crippen LogP contribution in [0.1, 0.15) is 12.5 Å². The van der Waals surface area contributed by atoms with Gasteiger partial charge in [-0.1, -0.05) is 23.7 Å². The molecule has 0 saturated carbocycles. The summed E-state index contributed by atoms with van der Waals surface area (Å²) in [6.07, 6.45) is -1.19. The SMILES string of the molecule is CC(Oc1cccc(Cl)c1)C(=O)Cc1c(F)cccc1F. The van der Waals surface area contributed by atoms with Gasteiger partial charge in [0.25, 0.3) is 0 Å². The lowest BCUT2D eigenvalue weighted by molar-refractivity contribution is -0.124. The number of Topliss-reactive ketones (excluding diaryl/α,β-unsaturated/α-hetero) is 1. The van der Waals surface area contributed by atoms with Crippen LogP contribution in [-0.4, -0.2) is 11.9 Å². The van der Waals surface area contributed by atoms with Crippen LogP contribution >= 0.6 is 11.6 Å². The molecule has 2 aromatic rings. The van der Waals surface area contributed by atoms with E-state index in [1.165, 1.54) is 13.0 Å². The molecule has 0 N–H and O–H groups in total. The van der Waals surface area contributed by atoms with Crippen molar-refractivity contribution < 1.29 is 18.3 Å². The van der Waals surface area contributed by atoms with Crippen LogP contribution in [0.15, 0.2) is 42.5 Å². The molecule has 2 rings (SSSR count). The summed E-state index contributed by atoms with van der Waals surface area (Å²) in [5, 5.41) is 0.479. The summed E-state index contributed by atoms with van der Waals surface area (Å²) in [6, 6.07) is 10.1. The molecule has 0 saturated heterocycles. The lowest BCUT2D eigenvalue weighted by atomic mass is 10.0. The van der Waals surface area contributed by atoms with Crippen molar-refractivity contribution in [3.63, 3.8) is 0 Å². The summed E-state index contributed by atoms with van der Waals surface area (Å²) in [7, 11) is 0. The molecule has 0 heterocycles. The molecule has 1 unspecified atom stereocenters. The standard InChI is InChI=1S/C16H13ClF2O2/c1-10(21-12-5-2-4-11(17)8-12)16(20)9-13-14(18)6-3-7-15(13)19/h2-8,10H,9H2,1H3. The maximum Gasteiger partial charge on any atom is 0.177 e. The maximum absolute atomic E-state index is 13.5. The second kappa shape index (κ2) is 6.68. The normalized spacial score (nSPS) is 12.0. The van der Waals surface area contributed by atoms with Crippen LogP contribution in [0, 0.1) is 11.6 Å². The monoisotopic (exact) mass is 310 g/mol. The van der Waals surface area contributed by atoms with E-state index in [0.29, 0.717) is 10.8 Å². The fourth-order valence-corrected chi connectivity index (χ4v) is 2.01. The van der Waals surface area contributed by atoms with E-state index >= 15 is 0 Å². The predicted molar refractivity (Wildman–Crippen MR) is 76.6 cm³/mol. The minimum Gasteiger partial charge on any atom is -0.483 e. The van der Waals surface area contributed by atoms with Crippen LogP contribution < -0.4 is 4.74 Å². The van der Waals surface area contributed by atoms with E-state index in [4.69, 9.17) is 16.3 Å². The van der Waals surface area contributed by atoms with Crippen LogP contribution in [0.5, 0.6) is 5.75 Å². The Labute approximate surface area is 126 Å². The quantitative estimate of drug-likeness (QED) is 0.827. The highest BCUT2D eigenvalue weighted by Gasteiger charge is 2.19. The maximum atomic E-state index is 13.5. The first-order valence-electron chi connectivity index (χ1n) is 6.35. The highest BCUT2D eigenvalue weighted by Crippen LogP contribution is 2.19. The zero-order valence-corrected chi connectivity index (χ0v) is 12.0. The average molecular weight is 311 g/mol. The number of benzene rings is 2.